The number of urea groups is 1. The van der Waals surface area contributed by atoms with Gasteiger partial charge in [-0.3, -0.25) is 20.4 Å². The molecule has 0 aliphatic heterocycles. The molecule has 31 heavy (non-hydrogen) atoms. The quantitative estimate of drug-likeness (QED) is 0.441. The van der Waals surface area contributed by atoms with Crippen molar-refractivity contribution in [3.05, 3.63) is 96.1 Å². The maximum absolute atomic E-state index is 12.4. The van der Waals surface area contributed by atoms with E-state index in [0.29, 0.717) is 22.6 Å². The van der Waals surface area contributed by atoms with Gasteiger partial charge in [-0.05, 0) is 42.0 Å². The third-order valence-corrected chi connectivity index (χ3v) is 4.30. The second-order valence-electron chi connectivity index (χ2n) is 6.62. The first-order chi connectivity index (χ1) is 15.0. The largest absolute Gasteiger partial charge is 0.457 e. The normalized spacial score (nSPS) is 11.1. The van der Waals surface area contributed by atoms with Gasteiger partial charge in [-0.25, -0.2) is 4.79 Å². The summed E-state index contributed by atoms with van der Waals surface area (Å²) in [7, 11) is 0. The van der Waals surface area contributed by atoms with Gasteiger partial charge in [0.1, 0.15) is 11.5 Å². The summed E-state index contributed by atoms with van der Waals surface area (Å²) in [5, 5.41) is 2.55. The Morgan fingerprint density at radius 1 is 0.806 bits per heavy atom. The Kier molecular flexibility index (Phi) is 7.21. The Balaban J connectivity index is 1.65. The maximum Gasteiger partial charge on any atom is 0.312 e. The zero-order valence-electron chi connectivity index (χ0n) is 16.6. The van der Waals surface area contributed by atoms with Crippen LogP contribution in [0.15, 0.2) is 84.9 Å². The van der Waals surface area contributed by atoms with Crippen LogP contribution < -0.4 is 26.6 Å². The predicted molar refractivity (Wildman–Crippen MR) is 115 cm³/mol. The minimum Gasteiger partial charge on any atom is -0.457 e. The van der Waals surface area contributed by atoms with Crippen molar-refractivity contribution in [3.63, 3.8) is 0 Å². The molecule has 0 aromatic heterocycles. The number of hydrogen-bond donors (Lipinski definition) is 4. The van der Waals surface area contributed by atoms with Crippen LogP contribution in [-0.2, 0) is 4.79 Å². The van der Waals surface area contributed by atoms with Gasteiger partial charge in [0.15, 0.2) is 0 Å². The van der Waals surface area contributed by atoms with Crippen LogP contribution in [0.4, 0.5) is 4.79 Å². The molecule has 3 aromatic carbocycles. The number of benzene rings is 3. The second kappa shape index (κ2) is 10.4. The summed E-state index contributed by atoms with van der Waals surface area (Å²) in [4.78, 5) is 35.9. The van der Waals surface area contributed by atoms with Gasteiger partial charge in [-0.2, -0.15) is 0 Å². The first-order valence-electron chi connectivity index (χ1n) is 9.54. The summed E-state index contributed by atoms with van der Waals surface area (Å²) in [6, 6.07) is 23.1. The molecule has 0 radical (unpaired) electrons. The van der Waals surface area contributed by atoms with Crippen molar-refractivity contribution >= 4 is 17.8 Å². The van der Waals surface area contributed by atoms with Crippen LogP contribution >= 0.6 is 0 Å². The molecule has 0 aliphatic carbocycles. The third kappa shape index (κ3) is 6.60. The van der Waals surface area contributed by atoms with Gasteiger partial charge in [-0.15, -0.1) is 0 Å². The van der Waals surface area contributed by atoms with E-state index < -0.39 is 23.9 Å². The van der Waals surface area contributed by atoms with E-state index in [9.17, 15) is 14.4 Å². The fourth-order valence-corrected chi connectivity index (χ4v) is 2.87. The lowest BCUT2D eigenvalue weighted by Crippen LogP contribution is -2.44. The molecule has 8 nitrogen and oxygen atoms in total. The molecule has 4 amide bonds. The SMILES string of the molecule is NC(=O)NC(CC(=O)NNC(=O)c1ccccc1)c1cccc(Oc2ccccc2)c1. The van der Waals surface area contributed by atoms with Crippen molar-refractivity contribution in [2.24, 2.45) is 5.73 Å². The Hall–Kier alpha value is -4.33. The molecule has 3 aromatic rings. The number of para-hydroxylation sites is 1. The number of hydrogen-bond acceptors (Lipinski definition) is 4. The number of nitrogens with two attached hydrogens (primary N) is 1. The van der Waals surface area contributed by atoms with Crippen molar-refractivity contribution in [2.75, 3.05) is 0 Å². The number of nitrogens with one attached hydrogen (secondary N) is 3. The molecule has 0 saturated heterocycles. The molecule has 0 aliphatic rings. The van der Waals surface area contributed by atoms with E-state index in [-0.39, 0.29) is 6.42 Å². The molecule has 1 atom stereocenters. The van der Waals surface area contributed by atoms with Crippen molar-refractivity contribution in [3.8, 4) is 11.5 Å². The first kappa shape index (κ1) is 21.4. The van der Waals surface area contributed by atoms with Gasteiger partial charge in [0.05, 0.1) is 12.5 Å². The number of hydrazine groups is 1. The van der Waals surface area contributed by atoms with Gasteiger partial charge >= 0.3 is 6.03 Å². The number of amides is 4. The summed E-state index contributed by atoms with van der Waals surface area (Å²) in [6.45, 7) is 0. The van der Waals surface area contributed by atoms with E-state index >= 15 is 0 Å². The van der Waals surface area contributed by atoms with Crippen LogP contribution in [0.5, 0.6) is 11.5 Å². The minimum absolute atomic E-state index is 0.146. The number of primary amides is 1. The molecular weight excluding hydrogens is 396 g/mol. The Morgan fingerprint density at radius 3 is 2.13 bits per heavy atom. The minimum atomic E-state index is -0.777. The molecule has 158 valence electrons. The molecule has 3 rings (SSSR count). The summed E-state index contributed by atoms with van der Waals surface area (Å²) < 4.78 is 5.81. The molecule has 5 N–H and O–H groups in total. The van der Waals surface area contributed by atoms with Crippen molar-refractivity contribution < 1.29 is 19.1 Å². The van der Waals surface area contributed by atoms with Crippen LogP contribution in [0.3, 0.4) is 0 Å². The molecule has 0 bridgehead atoms. The Morgan fingerprint density at radius 2 is 1.45 bits per heavy atom. The summed E-state index contributed by atoms with van der Waals surface area (Å²) in [5.41, 5.74) is 11.0. The lowest BCUT2D eigenvalue weighted by atomic mass is 10.0. The van der Waals surface area contributed by atoms with Gasteiger partial charge < -0.3 is 15.8 Å². The van der Waals surface area contributed by atoms with Crippen molar-refractivity contribution in [1.82, 2.24) is 16.2 Å². The highest BCUT2D eigenvalue weighted by Gasteiger charge is 2.19. The van der Waals surface area contributed by atoms with Crippen LogP contribution in [-0.4, -0.2) is 17.8 Å². The number of ether oxygens (including phenoxy) is 1. The zero-order chi connectivity index (χ0) is 22.1. The highest BCUT2D eigenvalue weighted by atomic mass is 16.5. The van der Waals surface area contributed by atoms with E-state index in [1.54, 1.807) is 54.6 Å². The van der Waals surface area contributed by atoms with Gasteiger partial charge in [0.25, 0.3) is 5.91 Å². The zero-order valence-corrected chi connectivity index (χ0v) is 16.6. The average molecular weight is 418 g/mol. The molecule has 8 heteroatoms. The van der Waals surface area contributed by atoms with Crippen LogP contribution in [0, 0.1) is 0 Å². The van der Waals surface area contributed by atoms with E-state index in [2.05, 4.69) is 16.2 Å². The summed E-state index contributed by atoms with van der Waals surface area (Å²) in [6.07, 6.45) is -0.146. The van der Waals surface area contributed by atoms with E-state index in [1.165, 1.54) is 0 Å². The van der Waals surface area contributed by atoms with Crippen LogP contribution in [0.2, 0.25) is 0 Å². The number of carbonyl (C=O) groups is 3. The highest BCUT2D eigenvalue weighted by Crippen LogP contribution is 2.25. The molecule has 1 unspecified atom stereocenters. The van der Waals surface area contributed by atoms with Gasteiger partial charge in [0.2, 0.25) is 5.91 Å². The van der Waals surface area contributed by atoms with Gasteiger partial charge in [-0.1, -0.05) is 48.5 Å². The average Bonchev–Trinajstić information content (AvgIpc) is 2.78. The predicted octanol–water partition coefficient (Wildman–Crippen LogP) is 3.04. The Labute approximate surface area is 179 Å². The fourth-order valence-electron chi connectivity index (χ4n) is 2.87. The lowest BCUT2D eigenvalue weighted by molar-refractivity contribution is -0.122. The van der Waals surface area contributed by atoms with Crippen molar-refractivity contribution in [2.45, 2.75) is 12.5 Å². The summed E-state index contributed by atoms with van der Waals surface area (Å²) >= 11 is 0. The smallest absolute Gasteiger partial charge is 0.312 e. The molecule has 0 spiro atoms. The highest BCUT2D eigenvalue weighted by molar-refractivity contribution is 5.95. The topological polar surface area (TPSA) is 123 Å². The second-order valence-corrected chi connectivity index (χ2v) is 6.62. The van der Waals surface area contributed by atoms with Gasteiger partial charge in [0, 0.05) is 5.56 Å². The van der Waals surface area contributed by atoms with E-state index in [0.717, 1.165) is 0 Å². The molecular formula is C23H22N4O4. The van der Waals surface area contributed by atoms with E-state index in [4.69, 9.17) is 10.5 Å². The monoisotopic (exact) mass is 418 g/mol. The Bertz CT molecular complexity index is 1040. The van der Waals surface area contributed by atoms with Crippen LogP contribution in [0.25, 0.3) is 0 Å². The molecule has 0 fully saturated rings. The number of rotatable bonds is 7. The standard InChI is InChI=1S/C23H22N4O4/c24-23(30)25-20(15-21(28)26-27-22(29)16-8-3-1-4-9-16)17-10-7-13-19(14-17)31-18-11-5-2-6-12-18/h1-14,20H,15H2,(H,26,28)(H,27,29)(H3,24,25,30). The third-order valence-electron chi connectivity index (χ3n) is 4.30. The fraction of sp³-hybridized carbons (Fsp3) is 0.0870. The summed E-state index contributed by atoms with van der Waals surface area (Å²) in [5.74, 6) is 0.238. The van der Waals surface area contributed by atoms with Crippen LogP contribution in [0.1, 0.15) is 28.4 Å². The molecule has 0 heterocycles. The molecule has 0 saturated carbocycles. The first-order valence-corrected chi connectivity index (χ1v) is 9.54. The van der Waals surface area contributed by atoms with E-state index in [1.807, 2.05) is 30.3 Å². The number of carbonyl (C=O) groups excluding carboxylic acids is 3. The maximum atomic E-state index is 12.4. The lowest BCUT2D eigenvalue weighted by Gasteiger charge is -2.19. The van der Waals surface area contributed by atoms with Crippen molar-refractivity contribution in [1.29, 1.82) is 0 Å².